The van der Waals surface area contributed by atoms with Gasteiger partial charge >= 0.3 is 11.9 Å². The number of hydrogen-bond acceptors (Lipinski definition) is 15. The fourth-order valence-corrected chi connectivity index (χ4v) is 7.30. The van der Waals surface area contributed by atoms with E-state index in [0.29, 0.717) is 10.7 Å². The predicted molar refractivity (Wildman–Crippen MR) is 169 cm³/mol. The molecule has 13 nitrogen and oxygen atoms in total. The zero-order valence-corrected chi connectivity index (χ0v) is 27.7. The van der Waals surface area contributed by atoms with Crippen LogP contribution in [0.25, 0.3) is 6.08 Å². The zero-order valence-electron chi connectivity index (χ0n) is 23.6. The highest BCUT2D eigenvalue weighted by atomic mass is 35.5. The van der Waals surface area contributed by atoms with Crippen LogP contribution < -0.4 is 11.1 Å². The van der Waals surface area contributed by atoms with Crippen LogP contribution in [0.15, 0.2) is 32.1 Å². The molecule has 4 rings (SSSR count). The van der Waals surface area contributed by atoms with Crippen LogP contribution in [0.1, 0.15) is 37.0 Å². The van der Waals surface area contributed by atoms with Gasteiger partial charge in [0.15, 0.2) is 10.8 Å². The summed E-state index contributed by atoms with van der Waals surface area (Å²) in [6, 6.07) is -0.955. The number of thiazole rings is 2. The molecule has 0 bridgehead atoms. The summed E-state index contributed by atoms with van der Waals surface area (Å²) in [6.07, 6.45) is 1.87. The minimum absolute atomic E-state index is 0. The average molecular weight is 689 g/mol. The van der Waals surface area contributed by atoms with E-state index < -0.39 is 47.4 Å². The van der Waals surface area contributed by atoms with E-state index in [1.165, 1.54) is 46.9 Å². The number of esters is 2. The lowest BCUT2D eigenvalue weighted by molar-refractivity contribution is -0.173. The number of fused-ring (bicyclic) bond motifs is 1. The monoisotopic (exact) mass is 688 g/mol. The van der Waals surface area contributed by atoms with Gasteiger partial charge in [-0.15, -0.1) is 46.8 Å². The Morgan fingerprint density at radius 1 is 1.28 bits per heavy atom. The normalized spacial score (nSPS) is 18.5. The van der Waals surface area contributed by atoms with Crippen molar-refractivity contribution in [1.82, 2.24) is 20.2 Å². The number of rotatable bonds is 10. The number of nitrogens with zero attached hydrogens (tertiary/aromatic N) is 4. The third-order valence-electron chi connectivity index (χ3n) is 5.78. The van der Waals surface area contributed by atoms with Gasteiger partial charge in [-0.05, 0) is 39.2 Å². The second-order valence-electron chi connectivity index (χ2n) is 9.78. The standard InChI is InChI=1S/C25H28N6O7S4.ClH/c1-12-14(42-10-27-12)6-7-39-15-9-40-21-17(29-19(32)16(30-36-5)13-8-41-24(26)28-13)20(33)31(21)18(15)22(34)37-11-38-23(35)25(2,3)4;/h6-8,10,17,21H,9,11H2,1-5H3,(H2,26,28)(H,29,32);1H/b7-6-,30-16-;/t17-,21-;/m1./s1. The van der Waals surface area contributed by atoms with Crippen LogP contribution in [0.2, 0.25) is 0 Å². The van der Waals surface area contributed by atoms with E-state index in [0.717, 1.165) is 21.9 Å². The highest BCUT2D eigenvalue weighted by molar-refractivity contribution is 8.08. The van der Waals surface area contributed by atoms with E-state index in [-0.39, 0.29) is 34.6 Å². The maximum Gasteiger partial charge on any atom is 0.358 e. The Labute approximate surface area is 270 Å². The Hall–Kier alpha value is -3.12. The molecule has 0 unspecified atom stereocenters. The van der Waals surface area contributed by atoms with Crippen molar-refractivity contribution in [2.45, 2.75) is 39.1 Å². The highest BCUT2D eigenvalue weighted by Crippen LogP contribution is 2.44. The molecular formula is C25H29ClN6O7S4. The molecule has 232 valence electrons. The van der Waals surface area contributed by atoms with Gasteiger partial charge in [0.1, 0.15) is 29.9 Å². The highest BCUT2D eigenvalue weighted by Gasteiger charge is 2.55. The summed E-state index contributed by atoms with van der Waals surface area (Å²) in [5.41, 5.74) is 7.59. The lowest BCUT2D eigenvalue weighted by atomic mass is 9.98. The van der Waals surface area contributed by atoms with Gasteiger partial charge in [-0.2, -0.15) is 0 Å². The van der Waals surface area contributed by atoms with Crippen molar-refractivity contribution in [2.24, 2.45) is 10.6 Å². The number of oxime groups is 1. The zero-order chi connectivity index (χ0) is 30.6. The van der Waals surface area contributed by atoms with Crippen LogP contribution in [0.3, 0.4) is 0 Å². The maximum atomic E-state index is 13.4. The van der Waals surface area contributed by atoms with Gasteiger partial charge in [0.2, 0.25) is 6.79 Å². The number of hydrogen-bond donors (Lipinski definition) is 2. The van der Waals surface area contributed by atoms with Gasteiger partial charge in [-0.1, -0.05) is 16.9 Å². The first kappa shape index (κ1) is 34.4. The number of ether oxygens (including phenoxy) is 2. The second-order valence-corrected chi connectivity index (χ2v) is 13.7. The Morgan fingerprint density at radius 3 is 2.63 bits per heavy atom. The lowest BCUT2D eigenvalue weighted by Gasteiger charge is -2.49. The van der Waals surface area contributed by atoms with E-state index >= 15 is 0 Å². The molecule has 1 saturated heterocycles. The second kappa shape index (κ2) is 14.6. The molecular weight excluding hydrogens is 660 g/mol. The molecule has 2 atom stereocenters. The van der Waals surface area contributed by atoms with Gasteiger partial charge in [0, 0.05) is 16.0 Å². The number of carbonyl (C=O) groups is 4. The first-order chi connectivity index (χ1) is 19.9. The molecule has 2 aliphatic rings. The number of aryl methyl sites for hydroxylation is 1. The average Bonchev–Trinajstić information content (AvgIpc) is 3.56. The summed E-state index contributed by atoms with van der Waals surface area (Å²) in [7, 11) is 1.28. The Bertz CT molecular complexity index is 1480. The van der Waals surface area contributed by atoms with Gasteiger partial charge in [-0.3, -0.25) is 19.3 Å². The number of amides is 2. The van der Waals surface area contributed by atoms with E-state index in [4.69, 9.17) is 20.0 Å². The summed E-state index contributed by atoms with van der Waals surface area (Å²) in [5, 5.41) is 9.41. The molecule has 2 amide bonds. The summed E-state index contributed by atoms with van der Waals surface area (Å²) in [6.45, 7) is 6.30. The third kappa shape index (κ3) is 7.89. The number of thioether (sulfide) groups is 2. The molecule has 3 N–H and O–H groups in total. The number of aromatic nitrogens is 2. The molecule has 18 heteroatoms. The summed E-state index contributed by atoms with van der Waals surface area (Å²) in [5.74, 6) is -2.23. The molecule has 2 aromatic rings. The smallest absolute Gasteiger partial charge is 0.358 e. The summed E-state index contributed by atoms with van der Waals surface area (Å²) >= 11 is 5.24. The Balaban J connectivity index is 0.00000506. The Kier molecular flexibility index (Phi) is 11.6. The van der Waals surface area contributed by atoms with Crippen LogP contribution >= 0.6 is 58.6 Å². The first-order valence-corrected chi connectivity index (χ1v) is 16.0. The fraction of sp³-hybridized carbons (Fsp3) is 0.400. The minimum Gasteiger partial charge on any atom is -0.427 e. The van der Waals surface area contributed by atoms with E-state index in [1.807, 2.05) is 13.0 Å². The number of anilines is 1. The number of nitrogens with one attached hydrogen (secondary N) is 1. The summed E-state index contributed by atoms with van der Waals surface area (Å²) < 4.78 is 10.4. The van der Waals surface area contributed by atoms with Crippen molar-refractivity contribution in [1.29, 1.82) is 0 Å². The number of carbonyl (C=O) groups excluding carboxylic acids is 4. The van der Waals surface area contributed by atoms with Crippen molar-refractivity contribution >= 4 is 99.3 Å². The third-order valence-corrected chi connectivity index (χ3v) is 9.71. The SMILES string of the molecule is CO/N=C(\C(=O)N[C@@H]1C(=O)N2C(C(=O)OCOC(=O)C(C)(C)C)=C(S/C=C\c3scnc3C)CS[C@H]12)c1csc(N)n1.Cl. The molecule has 0 spiro atoms. The van der Waals surface area contributed by atoms with Crippen molar-refractivity contribution in [3.8, 4) is 0 Å². The van der Waals surface area contributed by atoms with Gasteiger partial charge in [0.05, 0.1) is 21.5 Å². The van der Waals surface area contributed by atoms with Gasteiger partial charge in [0.25, 0.3) is 11.8 Å². The lowest BCUT2D eigenvalue weighted by Crippen LogP contribution is -2.71. The molecule has 2 aromatic heterocycles. The molecule has 0 aromatic carbocycles. The quantitative estimate of drug-likeness (QED) is 0.123. The first-order valence-electron chi connectivity index (χ1n) is 12.3. The van der Waals surface area contributed by atoms with Gasteiger partial charge < -0.3 is 25.4 Å². The van der Waals surface area contributed by atoms with Crippen LogP contribution in [0, 0.1) is 12.3 Å². The topological polar surface area (TPSA) is 175 Å². The Morgan fingerprint density at radius 2 is 2.02 bits per heavy atom. The van der Waals surface area contributed by atoms with E-state index in [9.17, 15) is 19.2 Å². The maximum absolute atomic E-state index is 13.4. The molecule has 0 aliphatic carbocycles. The van der Waals surface area contributed by atoms with E-state index in [1.54, 1.807) is 37.1 Å². The van der Waals surface area contributed by atoms with Crippen molar-refractivity contribution < 1.29 is 33.5 Å². The molecule has 4 heterocycles. The minimum atomic E-state index is -0.955. The van der Waals surface area contributed by atoms with Crippen LogP contribution in [-0.4, -0.2) is 75.4 Å². The van der Waals surface area contributed by atoms with Crippen molar-refractivity contribution in [3.63, 3.8) is 0 Å². The van der Waals surface area contributed by atoms with Crippen LogP contribution in [-0.2, 0) is 33.5 Å². The van der Waals surface area contributed by atoms with Crippen molar-refractivity contribution in [2.75, 3.05) is 25.4 Å². The number of halogens is 1. The fourth-order valence-electron chi connectivity index (χ4n) is 3.64. The number of nitrogens with two attached hydrogens (primary N) is 1. The molecule has 0 radical (unpaired) electrons. The van der Waals surface area contributed by atoms with Crippen LogP contribution in [0.5, 0.6) is 0 Å². The van der Waals surface area contributed by atoms with Gasteiger partial charge in [-0.25, -0.2) is 14.8 Å². The molecule has 2 aliphatic heterocycles. The van der Waals surface area contributed by atoms with Crippen LogP contribution in [0.4, 0.5) is 5.13 Å². The number of β-lactam (4-membered cyclic amide) rings is 1. The largest absolute Gasteiger partial charge is 0.427 e. The van der Waals surface area contributed by atoms with E-state index in [2.05, 4.69) is 20.4 Å². The number of nitrogen functional groups attached to an aromatic ring is 1. The molecule has 0 saturated carbocycles. The van der Waals surface area contributed by atoms with Crippen molar-refractivity contribution in [3.05, 3.63) is 43.2 Å². The molecule has 43 heavy (non-hydrogen) atoms. The molecule has 1 fully saturated rings. The summed E-state index contributed by atoms with van der Waals surface area (Å²) in [4.78, 5) is 67.7. The predicted octanol–water partition coefficient (Wildman–Crippen LogP) is 3.37.